The van der Waals surface area contributed by atoms with Crippen LogP contribution in [0.5, 0.6) is 0 Å². The molecule has 218 valence electrons. The second kappa shape index (κ2) is 12.7. The van der Waals surface area contributed by atoms with Gasteiger partial charge in [0.25, 0.3) is 5.91 Å². The number of esters is 1. The Morgan fingerprint density at radius 2 is 1.67 bits per heavy atom. The molecule has 10 nitrogen and oxygen atoms in total. The number of nitrogens with one attached hydrogen (secondary N) is 1. The summed E-state index contributed by atoms with van der Waals surface area (Å²) in [4.78, 5) is 55.4. The van der Waals surface area contributed by atoms with Gasteiger partial charge in [-0.1, -0.05) is 66.7 Å². The number of carbonyl (C=O) groups is 4. The topological polar surface area (TPSA) is 122 Å². The minimum atomic E-state index is -1.69. The third kappa shape index (κ3) is 6.14. The second-order valence-electron chi connectivity index (χ2n) is 9.93. The maximum Gasteiger partial charge on any atom is 0.409 e. The lowest BCUT2D eigenvalue weighted by Gasteiger charge is -2.49. The quantitative estimate of drug-likeness (QED) is 0.293. The van der Waals surface area contributed by atoms with Crippen LogP contribution < -0.4 is 5.32 Å². The summed E-state index contributed by atoms with van der Waals surface area (Å²) in [5, 5.41) is 3.57. The molecule has 2 aromatic carbocycles. The third-order valence-electron chi connectivity index (χ3n) is 6.79. The van der Waals surface area contributed by atoms with E-state index in [0.717, 1.165) is 9.78 Å². The predicted molar refractivity (Wildman–Crippen MR) is 156 cm³/mol. The highest BCUT2D eigenvalue weighted by Gasteiger charge is 2.57. The van der Waals surface area contributed by atoms with Crippen molar-refractivity contribution in [3.05, 3.63) is 105 Å². The Balaban J connectivity index is 1.44. The van der Waals surface area contributed by atoms with Crippen molar-refractivity contribution in [2.45, 2.75) is 23.9 Å². The largest absolute Gasteiger partial charge is 0.448 e. The summed E-state index contributed by atoms with van der Waals surface area (Å²) in [5.74, 6) is -1.95. The van der Waals surface area contributed by atoms with Gasteiger partial charge < -0.3 is 19.7 Å². The van der Waals surface area contributed by atoms with Gasteiger partial charge in [-0.2, -0.15) is 0 Å². The molecule has 3 aromatic rings. The number of rotatable bonds is 9. The van der Waals surface area contributed by atoms with Gasteiger partial charge >= 0.3 is 12.1 Å². The molecule has 0 bridgehead atoms. The molecule has 12 heteroatoms. The number of hydrogen-bond acceptors (Lipinski definition) is 8. The van der Waals surface area contributed by atoms with Crippen LogP contribution in [-0.4, -0.2) is 75.8 Å². The zero-order valence-electron chi connectivity index (χ0n) is 22.9. The van der Waals surface area contributed by atoms with Crippen LogP contribution in [-0.2, 0) is 41.1 Å². The molecule has 3 heterocycles. The molecule has 0 aliphatic carbocycles. The Morgan fingerprint density at radius 1 is 1.02 bits per heavy atom. The predicted octanol–water partition coefficient (Wildman–Crippen LogP) is 2.99. The third-order valence-corrected chi connectivity index (χ3v) is 9.33. The number of fused-ring (bicyclic) bond motifs is 1. The van der Waals surface area contributed by atoms with Gasteiger partial charge in [-0.15, -0.1) is 11.3 Å². The lowest BCUT2D eigenvalue weighted by molar-refractivity contribution is -0.155. The minimum absolute atomic E-state index is 0.0765. The number of nitrogens with zero attached hydrogens (tertiary/aromatic N) is 2. The number of carbonyl (C=O) groups excluding carboxylic acids is 4. The van der Waals surface area contributed by atoms with Crippen LogP contribution in [0, 0.1) is 0 Å². The van der Waals surface area contributed by atoms with Gasteiger partial charge in [-0.3, -0.25) is 18.7 Å². The van der Waals surface area contributed by atoms with E-state index in [1.165, 1.54) is 30.3 Å². The van der Waals surface area contributed by atoms with Crippen LogP contribution >= 0.6 is 11.3 Å². The van der Waals surface area contributed by atoms with Crippen molar-refractivity contribution >= 4 is 46.0 Å². The summed E-state index contributed by atoms with van der Waals surface area (Å²) in [6.07, 6.45) is -1.39. The molecule has 1 saturated heterocycles. The molecule has 0 saturated carbocycles. The van der Waals surface area contributed by atoms with Gasteiger partial charge in [-0.05, 0) is 22.6 Å². The van der Waals surface area contributed by atoms with Crippen LogP contribution in [0.25, 0.3) is 0 Å². The van der Waals surface area contributed by atoms with Crippen molar-refractivity contribution in [1.82, 2.24) is 15.1 Å². The summed E-state index contributed by atoms with van der Waals surface area (Å²) in [7, 11) is 1.33. The van der Waals surface area contributed by atoms with Crippen LogP contribution in [0.15, 0.2) is 89.4 Å². The van der Waals surface area contributed by atoms with E-state index in [4.69, 9.17) is 9.47 Å². The van der Waals surface area contributed by atoms with E-state index in [1.54, 1.807) is 0 Å². The van der Waals surface area contributed by atoms with Gasteiger partial charge in [0.1, 0.15) is 23.7 Å². The molecule has 5 rings (SSSR count). The fourth-order valence-electron chi connectivity index (χ4n) is 4.77. The lowest BCUT2D eigenvalue weighted by Crippen LogP contribution is -2.73. The van der Waals surface area contributed by atoms with E-state index >= 15 is 0 Å². The number of amides is 3. The Hall–Kier alpha value is -4.29. The Labute approximate surface area is 249 Å². The van der Waals surface area contributed by atoms with Crippen molar-refractivity contribution in [2.75, 3.05) is 26.5 Å². The SMILES string of the molecule is CN(C)C(=O)OCC1=C(C(=O)OC(c2ccccc2)c2ccccc2)N2C(=O)C(NC(=O)Cc3cccs3)[C@@H]2S(=O)C1. The first-order valence-corrected chi connectivity index (χ1v) is 15.4. The second-order valence-corrected chi connectivity index (χ2v) is 12.5. The summed E-state index contributed by atoms with van der Waals surface area (Å²) in [6, 6.07) is 20.9. The molecule has 2 unspecified atom stereocenters. The van der Waals surface area contributed by atoms with Crippen LogP contribution in [0.3, 0.4) is 0 Å². The van der Waals surface area contributed by atoms with Gasteiger partial charge in [0.15, 0.2) is 6.10 Å². The summed E-state index contributed by atoms with van der Waals surface area (Å²) >= 11 is 1.41. The van der Waals surface area contributed by atoms with Crippen LogP contribution in [0.2, 0.25) is 0 Å². The van der Waals surface area contributed by atoms with Crippen molar-refractivity contribution in [2.24, 2.45) is 0 Å². The molecule has 42 heavy (non-hydrogen) atoms. The Morgan fingerprint density at radius 3 is 2.24 bits per heavy atom. The van der Waals surface area contributed by atoms with Gasteiger partial charge in [0.05, 0.1) is 23.0 Å². The van der Waals surface area contributed by atoms with Crippen LogP contribution in [0.1, 0.15) is 22.1 Å². The van der Waals surface area contributed by atoms with E-state index in [0.29, 0.717) is 11.1 Å². The van der Waals surface area contributed by atoms with E-state index < -0.39 is 46.3 Å². The molecule has 0 radical (unpaired) electrons. The zero-order valence-corrected chi connectivity index (χ0v) is 24.6. The first-order chi connectivity index (χ1) is 20.2. The number of ether oxygens (including phenoxy) is 2. The summed E-state index contributed by atoms with van der Waals surface area (Å²) in [5.41, 5.74) is 1.49. The standard InChI is InChI=1S/C30H29N3O7S2/c1-32(2)30(37)39-17-21-18-42(38)28-24(31-23(34)16-22-14-9-15-41-22)27(35)33(28)25(21)29(36)40-26(19-10-5-3-6-11-19)20-12-7-4-8-13-20/h3-15,24,26,28H,16-18H2,1-2H3,(H,31,34)/t24?,28-,42?/m0/s1. The van der Waals surface area contributed by atoms with Gasteiger partial charge in [0, 0.05) is 24.5 Å². The molecule has 1 aromatic heterocycles. The highest BCUT2D eigenvalue weighted by atomic mass is 32.2. The summed E-state index contributed by atoms with van der Waals surface area (Å²) < 4.78 is 24.7. The van der Waals surface area contributed by atoms with Crippen LogP contribution in [0.4, 0.5) is 4.79 Å². The highest BCUT2D eigenvalue weighted by Crippen LogP contribution is 2.37. The average molecular weight is 608 g/mol. The average Bonchev–Trinajstić information content (AvgIpc) is 3.50. The lowest BCUT2D eigenvalue weighted by atomic mass is 10.0. The minimum Gasteiger partial charge on any atom is -0.448 e. The maximum absolute atomic E-state index is 13.9. The van der Waals surface area contributed by atoms with Crippen molar-refractivity contribution in [3.63, 3.8) is 0 Å². The van der Waals surface area contributed by atoms with Gasteiger partial charge in [0.2, 0.25) is 5.91 Å². The highest BCUT2D eigenvalue weighted by molar-refractivity contribution is 7.86. The fraction of sp³-hybridized carbons (Fsp3) is 0.267. The molecular formula is C30H29N3O7S2. The molecule has 2 aliphatic heterocycles. The first-order valence-electron chi connectivity index (χ1n) is 13.1. The maximum atomic E-state index is 13.9. The first kappa shape index (κ1) is 29.2. The fourth-order valence-corrected chi connectivity index (χ4v) is 7.14. The molecule has 1 fully saturated rings. The number of benzene rings is 2. The van der Waals surface area contributed by atoms with Gasteiger partial charge in [-0.25, -0.2) is 9.59 Å². The molecule has 3 atom stereocenters. The zero-order chi connectivity index (χ0) is 29.8. The van der Waals surface area contributed by atoms with E-state index in [1.807, 2.05) is 78.2 Å². The molecule has 1 N–H and O–H groups in total. The molecule has 0 spiro atoms. The number of hydrogen-bond donors (Lipinski definition) is 1. The van der Waals surface area contributed by atoms with E-state index in [9.17, 15) is 23.4 Å². The smallest absolute Gasteiger partial charge is 0.409 e. The number of thiophene rings is 1. The van der Waals surface area contributed by atoms with E-state index in [2.05, 4.69) is 5.32 Å². The van der Waals surface area contributed by atoms with Crippen molar-refractivity contribution in [1.29, 1.82) is 0 Å². The molecular weight excluding hydrogens is 578 g/mol. The summed E-state index contributed by atoms with van der Waals surface area (Å²) in [6.45, 7) is -0.361. The molecule has 2 aliphatic rings. The monoisotopic (exact) mass is 607 g/mol. The van der Waals surface area contributed by atoms with E-state index in [-0.39, 0.29) is 36.0 Å². The Kier molecular flexibility index (Phi) is 8.83. The molecule has 3 amide bonds. The van der Waals surface area contributed by atoms with Crippen molar-refractivity contribution < 1.29 is 32.9 Å². The van der Waals surface area contributed by atoms with Crippen molar-refractivity contribution in [3.8, 4) is 0 Å². The number of β-lactam (4-membered cyclic amide) rings is 1. The Bertz CT molecular complexity index is 1490. The normalized spacial score (nSPS) is 19.5.